The fourth-order valence-electron chi connectivity index (χ4n) is 2.45. The molecule has 2 rings (SSSR count). The van der Waals surface area contributed by atoms with Crippen molar-refractivity contribution in [3.8, 4) is 17.0 Å². The average molecular weight is 428 g/mol. The van der Waals surface area contributed by atoms with E-state index in [1.165, 1.54) is 0 Å². The van der Waals surface area contributed by atoms with E-state index in [1.54, 1.807) is 6.92 Å². The lowest BCUT2D eigenvalue weighted by molar-refractivity contribution is -0.169. The van der Waals surface area contributed by atoms with Crippen molar-refractivity contribution in [3.05, 3.63) is 28.7 Å². The predicted molar refractivity (Wildman–Crippen MR) is 88.7 cm³/mol. The summed E-state index contributed by atoms with van der Waals surface area (Å²) < 4.78 is 69.5. The number of rotatable bonds is 7. The van der Waals surface area contributed by atoms with Crippen molar-refractivity contribution in [2.24, 2.45) is 5.92 Å². The van der Waals surface area contributed by atoms with E-state index in [9.17, 15) is 26.7 Å². The van der Waals surface area contributed by atoms with Crippen molar-refractivity contribution in [2.45, 2.75) is 39.6 Å². The molecular weight excluding hydrogens is 413 g/mol. The van der Waals surface area contributed by atoms with Crippen LogP contribution in [0.25, 0.3) is 11.3 Å². The molecular formula is C16H15ClF5N3O3. The van der Waals surface area contributed by atoms with Crippen molar-refractivity contribution in [1.82, 2.24) is 14.8 Å². The topological polar surface area (TPSA) is 77.2 Å². The first kappa shape index (κ1) is 21.9. The zero-order valence-electron chi connectivity index (χ0n) is 14.6. The highest BCUT2D eigenvalue weighted by Crippen LogP contribution is 2.38. The van der Waals surface area contributed by atoms with Gasteiger partial charge in [-0.1, -0.05) is 18.5 Å². The number of hydrogen-bond donors (Lipinski definition) is 1. The summed E-state index contributed by atoms with van der Waals surface area (Å²) in [6, 6.07) is 0.952. The van der Waals surface area contributed by atoms with Gasteiger partial charge in [-0.25, -0.2) is 4.79 Å². The maximum absolute atomic E-state index is 12.8. The van der Waals surface area contributed by atoms with E-state index in [1.807, 2.05) is 0 Å². The Labute approximate surface area is 160 Å². The summed E-state index contributed by atoms with van der Waals surface area (Å²) in [5, 5.41) is 12.6. The number of nitrogens with zero attached hydrogens (tertiary/aromatic N) is 3. The number of halogens is 6. The Morgan fingerprint density at radius 1 is 1.39 bits per heavy atom. The molecule has 154 valence electrons. The Kier molecular flexibility index (Phi) is 6.48. The number of hydrogen-bond acceptors (Lipinski definition) is 4. The lowest BCUT2D eigenvalue weighted by Gasteiger charge is -2.17. The van der Waals surface area contributed by atoms with Gasteiger partial charge in [0.15, 0.2) is 5.69 Å². The lowest BCUT2D eigenvalue weighted by Crippen LogP contribution is -2.22. The van der Waals surface area contributed by atoms with Gasteiger partial charge in [0.25, 0.3) is 0 Å². The molecule has 2 aromatic rings. The van der Waals surface area contributed by atoms with Gasteiger partial charge in [0, 0.05) is 30.9 Å². The van der Waals surface area contributed by atoms with Crippen LogP contribution in [-0.2, 0) is 13.0 Å². The molecule has 0 fully saturated rings. The molecule has 2 aromatic heterocycles. The minimum Gasteiger partial charge on any atom is -0.476 e. The molecule has 2 heterocycles. The summed E-state index contributed by atoms with van der Waals surface area (Å²) >= 11 is 6.05. The van der Waals surface area contributed by atoms with Crippen LogP contribution in [0.15, 0.2) is 12.3 Å². The van der Waals surface area contributed by atoms with E-state index in [2.05, 4.69) is 14.8 Å². The van der Waals surface area contributed by atoms with Gasteiger partial charge in [-0.15, -0.1) is 0 Å². The second-order valence-corrected chi connectivity index (χ2v) is 6.21. The number of pyridine rings is 1. The largest absolute Gasteiger partial charge is 0.476 e. The molecule has 1 N–H and O–H groups in total. The molecule has 0 aromatic carbocycles. The molecule has 0 amide bonds. The molecule has 0 radical (unpaired) electrons. The predicted octanol–water partition coefficient (Wildman–Crippen LogP) is 4.66. The van der Waals surface area contributed by atoms with Crippen molar-refractivity contribution < 1.29 is 36.6 Å². The van der Waals surface area contributed by atoms with Crippen LogP contribution in [0.2, 0.25) is 5.02 Å². The van der Waals surface area contributed by atoms with Gasteiger partial charge in [-0.2, -0.15) is 27.1 Å². The highest BCUT2D eigenvalue weighted by molar-refractivity contribution is 6.35. The van der Waals surface area contributed by atoms with E-state index < -0.39 is 42.5 Å². The van der Waals surface area contributed by atoms with E-state index >= 15 is 0 Å². The Balaban J connectivity index is 2.57. The molecule has 1 atom stereocenters. The second-order valence-electron chi connectivity index (χ2n) is 5.83. The van der Waals surface area contributed by atoms with E-state index in [4.69, 9.17) is 16.7 Å². The van der Waals surface area contributed by atoms with E-state index in [-0.39, 0.29) is 28.5 Å². The zero-order chi connectivity index (χ0) is 21.2. The lowest BCUT2D eigenvalue weighted by atomic mass is 10.0. The highest BCUT2D eigenvalue weighted by Gasteiger charge is 2.36. The summed E-state index contributed by atoms with van der Waals surface area (Å²) in [5.41, 5.74) is -0.784. The van der Waals surface area contributed by atoms with Crippen LogP contribution in [0.5, 0.6) is 5.75 Å². The van der Waals surface area contributed by atoms with Gasteiger partial charge in [0.1, 0.15) is 10.8 Å². The maximum atomic E-state index is 12.8. The molecule has 0 aliphatic heterocycles. The third kappa shape index (κ3) is 4.70. The smallest absolute Gasteiger partial charge is 0.391 e. The third-order valence-electron chi connectivity index (χ3n) is 3.86. The minimum absolute atomic E-state index is 0.0415. The first-order chi connectivity index (χ1) is 13.0. The fourth-order valence-corrected chi connectivity index (χ4v) is 2.77. The van der Waals surface area contributed by atoms with Gasteiger partial charge in [-0.05, 0) is 6.92 Å². The molecule has 0 aliphatic carbocycles. The highest BCUT2D eigenvalue weighted by atomic mass is 35.5. The van der Waals surface area contributed by atoms with Crippen LogP contribution in [0.4, 0.5) is 22.0 Å². The van der Waals surface area contributed by atoms with Crippen LogP contribution in [0.3, 0.4) is 0 Å². The van der Waals surface area contributed by atoms with Crippen molar-refractivity contribution in [2.75, 3.05) is 0 Å². The summed E-state index contributed by atoms with van der Waals surface area (Å²) in [6.07, 6.45) is -4.02. The number of aromatic carboxylic acids is 1. The summed E-state index contributed by atoms with van der Waals surface area (Å²) in [7, 11) is 0. The summed E-state index contributed by atoms with van der Waals surface area (Å²) in [5.74, 6) is -3.67. The average Bonchev–Trinajstić information content (AvgIpc) is 2.90. The van der Waals surface area contributed by atoms with Crippen LogP contribution in [0, 0.1) is 5.92 Å². The first-order valence-electron chi connectivity index (χ1n) is 7.96. The van der Waals surface area contributed by atoms with Gasteiger partial charge in [-0.3, -0.25) is 9.67 Å². The van der Waals surface area contributed by atoms with Crippen LogP contribution < -0.4 is 4.74 Å². The minimum atomic E-state index is -4.48. The van der Waals surface area contributed by atoms with E-state index in [0.29, 0.717) is 0 Å². The van der Waals surface area contributed by atoms with Gasteiger partial charge >= 0.3 is 18.8 Å². The second kappa shape index (κ2) is 8.29. The van der Waals surface area contributed by atoms with Crippen molar-refractivity contribution in [1.29, 1.82) is 0 Å². The van der Waals surface area contributed by atoms with Crippen LogP contribution in [-0.4, -0.2) is 38.6 Å². The van der Waals surface area contributed by atoms with Crippen molar-refractivity contribution in [3.63, 3.8) is 0 Å². The number of aromatic nitrogens is 3. The molecule has 28 heavy (non-hydrogen) atoms. The van der Waals surface area contributed by atoms with E-state index in [0.717, 1.165) is 23.9 Å². The van der Waals surface area contributed by atoms with Gasteiger partial charge in [0.05, 0.1) is 17.2 Å². The molecule has 0 aliphatic rings. The Bertz CT molecular complexity index is 870. The maximum Gasteiger partial charge on any atom is 0.391 e. The number of carboxylic acids is 1. The Morgan fingerprint density at radius 3 is 2.54 bits per heavy atom. The zero-order valence-corrected chi connectivity index (χ0v) is 15.4. The quantitative estimate of drug-likeness (QED) is 0.650. The SMILES string of the molecule is CCn1nc(C(=O)O)c(Cl)c1-c1cnc(C[C@@H](C)C(F)(F)F)cc1OC(F)F. The summed E-state index contributed by atoms with van der Waals surface area (Å²) in [6.45, 7) is -0.585. The number of carboxylic acid groups (broad SMARTS) is 1. The fraction of sp³-hybridized carbons (Fsp3) is 0.438. The number of carbonyl (C=O) groups is 1. The molecule has 0 bridgehead atoms. The standard InChI is InChI=1S/C16H15ClF5N3O3/c1-3-25-13(11(17)12(24-25)14(26)27)9-6-23-8(4-7(2)16(20,21)22)5-10(9)28-15(18)19/h5-7,15H,3-4H2,1-2H3,(H,26,27)/t7-/m1/s1. The van der Waals surface area contributed by atoms with Gasteiger partial charge in [0.2, 0.25) is 0 Å². The van der Waals surface area contributed by atoms with Gasteiger partial charge < -0.3 is 9.84 Å². The summed E-state index contributed by atoms with van der Waals surface area (Å²) in [4.78, 5) is 15.1. The molecule has 0 saturated heterocycles. The normalized spacial score (nSPS) is 13.0. The van der Waals surface area contributed by atoms with Crippen LogP contribution in [0.1, 0.15) is 30.0 Å². The molecule has 0 saturated carbocycles. The number of alkyl halides is 5. The molecule has 12 heteroatoms. The molecule has 6 nitrogen and oxygen atoms in total. The van der Waals surface area contributed by atoms with Crippen molar-refractivity contribution >= 4 is 17.6 Å². The molecule has 0 spiro atoms. The molecule has 0 unspecified atom stereocenters. The number of ether oxygens (including phenoxy) is 1. The monoisotopic (exact) mass is 427 g/mol. The Morgan fingerprint density at radius 2 is 2.04 bits per heavy atom. The number of aryl methyl sites for hydroxylation is 1. The first-order valence-corrected chi connectivity index (χ1v) is 8.33. The third-order valence-corrected chi connectivity index (χ3v) is 4.22. The van der Waals surface area contributed by atoms with Crippen LogP contribution >= 0.6 is 11.6 Å². The Hall–Kier alpha value is -2.43.